The van der Waals surface area contributed by atoms with Crippen LogP contribution < -0.4 is 11.1 Å². The lowest BCUT2D eigenvalue weighted by Gasteiger charge is -2.21. The normalized spacial score (nSPS) is 13.6. The highest BCUT2D eigenvalue weighted by molar-refractivity contribution is 5.83. The molecule has 0 saturated heterocycles. The van der Waals surface area contributed by atoms with E-state index < -0.39 is 5.54 Å². The minimum Gasteiger partial charge on any atom is -0.368 e. The maximum atomic E-state index is 11.1. The molecule has 0 radical (unpaired) electrons. The topological polar surface area (TPSA) is 72.9 Å². The molecular weight excluding hydrogens is 216 g/mol. The molecule has 96 valence electrons. The number of primary amides is 1. The fraction of sp³-hybridized carbons (Fsp3) is 0.667. The maximum Gasteiger partial charge on any atom is 0.237 e. The standard InChI is InChI=1S/C12H22N4O/c1-5-9(2)16-7-6-10(15-16)8-14-12(3,4)11(13)17/h6-7,9,14H,5,8H2,1-4H3,(H2,13,17). The van der Waals surface area contributed by atoms with Crippen LogP contribution in [0.1, 0.15) is 45.9 Å². The van der Waals surface area contributed by atoms with Crippen LogP contribution in [0.5, 0.6) is 0 Å². The highest BCUT2D eigenvalue weighted by Crippen LogP contribution is 2.10. The van der Waals surface area contributed by atoms with E-state index >= 15 is 0 Å². The summed E-state index contributed by atoms with van der Waals surface area (Å²) in [5.74, 6) is -0.362. The summed E-state index contributed by atoms with van der Waals surface area (Å²) in [6.07, 6.45) is 3.00. The SMILES string of the molecule is CCC(C)n1ccc(CNC(C)(C)C(N)=O)n1. The van der Waals surface area contributed by atoms with Crippen LogP contribution in [0.15, 0.2) is 12.3 Å². The van der Waals surface area contributed by atoms with Crippen molar-refractivity contribution in [1.29, 1.82) is 0 Å². The first kappa shape index (κ1) is 13.7. The number of nitrogens with zero attached hydrogens (tertiary/aromatic N) is 2. The first-order chi connectivity index (χ1) is 7.86. The van der Waals surface area contributed by atoms with Crippen molar-refractivity contribution in [3.05, 3.63) is 18.0 Å². The van der Waals surface area contributed by atoms with Gasteiger partial charge in [-0.15, -0.1) is 0 Å². The molecule has 1 rings (SSSR count). The second-order valence-electron chi connectivity index (χ2n) is 4.89. The van der Waals surface area contributed by atoms with E-state index in [-0.39, 0.29) is 5.91 Å². The van der Waals surface area contributed by atoms with Crippen LogP contribution in [0.4, 0.5) is 0 Å². The van der Waals surface area contributed by atoms with E-state index in [4.69, 9.17) is 5.73 Å². The van der Waals surface area contributed by atoms with E-state index in [1.54, 1.807) is 13.8 Å². The van der Waals surface area contributed by atoms with Crippen molar-refractivity contribution < 1.29 is 4.79 Å². The van der Waals surface area contributed by atoms with E-state index in [1.807, 2.05) is 16.9 Å². The zero-order valence-corrected chi connectivity index (χ0v) is 11.0. The highest BCUT2D eigenvalue weighted by atomic mass is 16.1. The van der Waals surface area contributed by atoms with Crippen LogP contribution in [0, 0.1) is 0 Å². The second-order valence-corrected chi connectivity index (χ2v) is 4.89. The van der Waals surface area contributed by atoms with Gasteiger partial charge in [-0.3, -0.25) is 14.8 Å². The lowest BCUT2D eigenvalue weighted by atomic mass is 10.1. The number of carbonyl (C=O) groups excluding carboxylic acids is 1. The van der Waals surface area contributed by atoms with Crippen molar-refractivity contribution in [3.8, 4) is 0 Å². The van der Waals surface area contributed by atoms with Crippen molar-refractivity contribution in [3.63, 3.8) is 0 Å². The van der Waals surface area contributed by atoms with Crippen molar-refractivity contribution in [2.24, 2.45) is 5.73 Å². The fourth-order valence-corrected chi connectivity index (χ4v) is 1.30. The first-order valence-electron chi connectivity index (χ1n) is 5.95. The number of hydrogen-bond donors (Lipinski definition) is 2. The third-order valence-electron chi connectivity index (χ3n) is 3.03. The number of nitrogens with one attached hydrogen (secondary N) is 1. The van der Waals surface area contributed by atoms with Gasteiger partial charge in [-0.2, -0.15) is 5.10 Å². The van der Waals surface area contributed by atoms with E-state index in [0.29, 0.717) is 12.6 Å². The van der Waals surface area contributed by atoms with Crippen LogP contribution in [-0.2, 0) is 11.3 Å². The summed E-state index contributed by atoms with van der Waals surface area (Å²) in [5, 5.41) is 7.54. The summed E-state index contributed by atoms with van der Waals surface area (Å²) in [4.78, 5) is 11.1. The zero-order valence-electron chi connectivity index (χ0n) is 11.0. The Balaban J connectivity index is 2.59. The predicted molar refractivity (Wildman–Crippen MR) is 67.3 cm³/mol. The Labute approximate surface area is 102 Å². The highest BCUT2D eigenvalue weighted by Gasteiger charge is 2.23. The molecule has 0 bridgehead atoms. The summed E-state index contributed by atoms with van der Waals surface area (Å²) >= 11 is 0. The molecule has 17 heavy (non-hydrogen) atoms. The number of hydrogen-bond acceptors (Lipinski definition) is 3. The summed E-state index contributed by atoms with van der Waals surface area (Å²) in [7, 11) is 0. The van der Waals surface area contributed by atoms with Gasteiger partial charge in [-0.25, -0.2) is 0 Å². The summed E-state index contributed by atoms with van der Waals surface area (Å²) in [5.41, 5.74) is 5.49. The van der Waals surface area contributed by atoms with Crippen molar-refractivity contribution in [1.82, 2.24) is 15.1 Å². The number of amides is 1. The molecule has 0 fully saturated rings. The Morgan fingerprint density at radius 3 is 2.82 bits per heavy atom. The summed E-state index contributed by atoms with van der Waals surface area (Å²) in [6, 6.07) is 2.35. The Morgan fingerprint density at radius 1 is 1.65 bits per heavy atom. The van der Waals surface area contributed by atoms with E-state index in [1.165, 1.54) is 0 Å². The van der Waals surface area contributed by atoms with Gasteiger partial charge < -0.3 is 5.73 Å². The molecule has 0 aliphatic carbocycles. The first-order valence-corrected chi connectivity index (χ1v) is 5.95. The van der Waals surface area contributed by atoms with Crippen molar-refractivity contribution in [2.75, 3.05) is 0 Å². The molecule has 5 nitrogen and oxygen atoms in total. The summed E-state index contributed by atoms with van der Waals surface area (Å²) < 4.78 is 1.94. The average Bonchev–Trinajstić information content (AvgIpc) is 2.74. The van der Waals surface area contributed by atoms with Gasteiger partial charge in [0.2, 0.25) is 5.91 Å². The van der Waals surface area contributed by atoms with E-state index in [2.05, 4.69) is 24.3 Å². The monoisotopic (exact) mass is 238 g/mol. The fourth-order valence-electron chi connectivity index (χ4n) is 1.30. The third kappa shape index (κ3) is 3.56. The van der Waals surface area contributed by atoms with Crippen LogP contribution in [0.2, 0.25) is 0 Å². The van der Waals surface area contributed by atoms with Gasteiger partial charge >= 0.3 is 0 Å². The largest absolute Gasteiger partial charge is 0.368 e. The third-order valence-corrected chi connectivity index (χ3v) is 3.03. The summed E-state index contributed by atoms with van der Waals surface area (Å²) in [6.45, 7) is 8.32. The molecule has 0 saturated carbocycles. The molecule has 1 aromatic heterocycles. The van der Waals surface area contributed by atoms with Crippen LogP contribution in [-0.4, -0.2) is 21.2 Å². The van der Waals surface area contributed by atoms with Crippen molar-refractivity contribution >= 4 is 5.91 Å². The predicted octanol–water partition coefficient (Wildman–Crippen LogP) is 1.21. The molecule has 3 N–H and O–H groups in total. The van der Waals surface area contributed by atoms with Gasteiger partial charge in [0.15, 0.2) is 0 Å². The molecule has 0 aromatic carbocycles. The van der Waals surface area contributed by atoms with Gasteiger partial charge in [0, 0.05) is 18.8 Å². The van der Waals surface area contributed by atoms with Crippen LogP contribution in [0.3, 0.4) is 0 Å². The molecule has 1 atom stereocenters. The Morgan fingerprint density at radius 2 is 2.29 bits per heavy atom. The molecule has 0 aliphatic heterocycles. The molecule has 0 spiro atoms. The smallest absolute Gasteiger partial charge is 0.237 e. The van der Waals surface area contributed by atoms with E-state index in [0.717, 1.165) is 12.1 Å². The van der Waals surface area contributed by atoms with Gasteiger partial charge in [0.05, 0.1) is 11.2 Å². The number of nitrogens with two attached hydrogens (primary N) is 1. The van der Waals surface area contributed by atoms with E-state index in [9.17, 15) is 4.79 Å². The minimum absolute atomic E-state index is 0.362. The number of carbonyl (C=O) groups is 1. The molecule has 1 heterocycles. The van der Waals surface area contributed by atoms with Crippen LogP contribution >= 0.6 is 0 Å². The Kier molecular flexibility index (Phi) is 4.28. The minimum atomic E-state index is -0.708. The van der Waals surface area contributed by atoms with Gasteiger partial charge in [0.25, 0.3) is 0 Å². The number of aromatic nitrogens is 2. The molecular formula is C12H22N4O. The maximum absolute atomic E-state index is 11.1. The van der Waals surface area contributed by atoms with Gasteiger partial charge in [0.1, 0.15) is 0 Å². The molecule has 1 unspecified atom stereocenters. The molecule has 1 aromatic rings. The van der Waals surface area contributed by atoms with Gasteiger partial charge in [-0.1, -0.05) is 6.92 Å². The van der Waals surface area contributed by atoms with Crippen molar-refractivity contribution in [2.45, 2.75) is 52.2 Å². The lowest BCUT2D eigenvalue weighted by molar-refractivity contribution is -0.123. The Bertz CT molecular complexity index is 384. The van der Waals surface area contributed by atoms with Gasteiger partial charge in [-0.05, 0) is 33.3 Å². The zero-order chi connectivity index (χ0) is 13.1. The lowest BCUT2D eigenvalue weighted by Crippen LogP contribution is -2.50. The molecule has 1 amide bonds. The average molecular weight is 238 g/mol. The Hall–Kier alpha value is -1.36. The second kappa shape index (κ2) is 5.31. The number of rotatable bonds is 6. The van der Waals surface area contributed by atoms with Crippen LogP contribution in [0.25, 0.3) is 0 Å². The quantitative estimate of drug-likeness (QED) is 0.782. The molecule has 0 aliphatic rings. The molecule has 5 heteroatoms.